The average molecular weight is 417 g/mol. The third-order valence-electron chi connectivity index (χ3n) is 6.58. The average Bonchev–Trinajstić information content (AvgIpc) is 3.26. The second-order valence-electron chi connectivity index (χ2n) is 8.66. The predicted molar refractivity (Wildman–Crippen MR) is 129 cm³/mol. The fourth-order valence-electron chi connectivity index (χ4n) is 4.53. The van der Waals surface area contributed by atoms with Crippen LogP contribution in [0, 0.1) is 0 Å². The first-order valence-corrected chi connectivity index (χ1v) is 11.1. The number of nitrogens with two attached hydrogens (primary N) is 1. The Bertz CT molecular complexity index is 1380. The first kappa shape index (κ1) is 19.0. The zero-order valence-corrected chi connectivity index (χ0v) is 17.8. The topological polar surface area (TPSA) is 56.2 Å². The van der Waals surface area contributed by atoms with Crippen LogP contribution in [0.1, 0.15) is 24.8 Å². The number of fused-ring (bicyclic) bond motifs is 1. The van der Waals surface area contributed by atoms with Crippen molar-refractivity contribution < 1.29 is 0 Å². The maximum Gasteiger partial charge on any atom is 0.234 e. The number of nitrogens with zero attached hydrogens (tertiary/aromatic N) is 3. The van der Waals surface area contributed by atoms with Crippen LogP contribution in [0.2, 0.25) is 0 Å². The first-order chi connectivity index (χ1) is 15.7. The van der Waals surface area contributed by atoms with Crippen molar-refractivity contribution in [2.24, 2.45) is 5.73 Å². The van der Waals surface area contributed by atoms with E-state index < -0.39 is 0 Å². The van der Waals surface area contributed by atoms with Crippen LogP contribution in [-0.4, -0.2) is 14.4 Å². The zero-order chi connectivity index (χ0) is 21.5. The van der Waals surface area contributed by atoms with Gasteiger partial charge in [-0.25, -0.2) is 9.97 Å². The predicted octanol–water partition coefficient (Wildman–Crippen LogP) is 6.07. The molecule has 4 heteroatoms. The van der Waals surface area contributed by atoms with E-state index in [2.05, 4.69) is 66.9 Å². The number of aromatic nitrogens is 3. The summed E-state index contributed by atoms with van der Waals surface area (Å²) in [5.74, 6) is 0.692. The van der Waals surface area contributed by atoms with Gasteiger partial charge in [-0.05, 0) is 30.4 Å². The number of benzene rings is 3. The zero-order valence-electron chi connectivity index (χ0n) is 17.8. The number of hydrogen-bond acceptors (Lipinski definition) is 3. The summed E-state index contributed by atoms with van der Waals surface area (Å²) in [6.45, 7) is 0. The summed E-state index contributed by atoms with van der Waals surface area (Å²) < 4.78 is 2.02. The highest BCUT2D eigenvalue weighted by molar-refractivity contribution is 5.81. The molecule has 0 amide bonds. The van der Waals surface area contributed by atoms with Gasteiger partial charge in [-0.2, -0.15) is 0 Å². The van der Waals surface area contributed by atoms with Crippen molar-refractivity contribution in [3.05, 3.63) is 103 Å². The fourth-order valence-corrected chi connectivity index (χ4v) is 4.53. The quantitative estimate of drug-likeness (QED) is 0.387. The minimum absolute atomic E-state index is 0.161. The van der Waals surface area contributed by atoms with E-state index in [1.54, 1.807) is 0 Å². The third kappa shape index (κ3) is 3.20. The largest absolute Gasteiger partial charge is 0.321 e. The molecular formula is C28H24N4. The molecule has 0 spiro atoms. The molecule has 5 aromatic rings. The summed E-state index contributed by atoms with van der Waals surface area (Å²) in [6.07, 6.45) is 7.51. The van der Waals surface area contributed by atoms with Crippen LogP contribution in [-0.2, 0) is 5.54 Å². The molecule has 3 aromatic carbocycles. The molecule has 156 valence electrons. The van der Waals surface area contributed by atoms with E-state index in [1.165, 1.54) is 12.0 Å². The van der Waals surface area contributed by atoms with Crippen molar-refractivity contribution in [1.82, 2.24) is 14.4 Å². The Hall–Kier alpha value is -3.76. The maximum absolute atomic E-state index is 6.54. The Morgan fingerprint density at radius 3 is 1.97 bits per heavy atom. The Morgan fingerprint density at radius 1 is 0.688 bits per heavy atom. The van der Waals surface area contributed by atoms with E-state index in [9.17, 15) is 0 Å². The van der Waals surface area contributed by atoms with Crippen molar-refractivity contribution in [2.75, 3.05) is 0 Å². The van der Waals surface area contributed by atoms with Crippen LogP contribution in [0.4, 0.5) is 0 Å². The Morgan fingerprint density at radius 2 is 1.34 bits per heavy atom. The van der Waals surface area contributed by atoms with Crippen LogP contribution in [0.15, 0.2) is 97.3 Å². The molecule has 0 radical (unpaired) electrons. The smallest absolute Gasteiger partial charge is 0.234 e. The normalized spacial score (nSPS) is 14.9. The molecule has 2 aromatic heterocycles. The van der Waals surface area contributed by atoms with Crippen molar-refractivity contribution in [1.29, 1.82) is 0 Å². The van der Waals surface area contributed by atoms with Gasteiger partial charge in [-0.15, -0.1) is 0 Å². The molecule has 32 heavy (non-hydrogen) atoms. The van der Waals surface area contributed by atoms with Crippen molar-refractivity contribution >= 4 is 5.78 Å². The van der Waals surface area contributed by atoms with Crippen molar-refractivity contribution in [2.45, 2.75) is 24.8 Å². The van der Waals surface area contributed by atoms with E-state index in [0.29, 0.717) is 5.78 Å². The lowest BCUT2D eigenvalue weighted by Gasteiger charge is -2.38. The second kappa shape index (κ2) is 7.43. The second-order valence-corrected chi connectivity index (χ2v) is 8.66. The molecule has 1 aliphatic rings. The van der Waals surface area contributed by atoms with Gasteiger partial charge in [-0.3, -0.25) is 4.40 Å². The molecule has 2 N–H and O–H groups in total. The highest BCUT2D eigenvalue weighted by atomic mass is 15.1. The van der Waals surface area contributed by atoms with E-state index in [1.807, 2.05) is 34.9 Å². The van der Waals surface area contributed by atoms with Crippen LogP contribution < -0.4 is 5.73 Å². The van der Waals surface area contributed by atoms with Gasteiger partial charge in [0.25, 0.3) is 0 Å². The van der Waals surface area contributed by atoms with Gasteiger partial charge in [0.05, 0.1) is 11.4 Å². The standard InChI is InChI=1S/C28H24N4/c29-28(16-7-17-28)23-14-12-22(13-15-23)26-24(20-8-3-1-4-9-20)18-32-19-25(30-27(32)31-26)21-10-5-2-6-11-21/h1-6,8-15,18-19H,7,16-17,29H2. The molecular weight excluding hydrogens is 392 g/mol. The minimum atomic E-state index is -0.161. The van der Waals surface area contributed by atoms with Crippen LogP contribution in [0.5, 0.6) is 0 Å². The number of imidazole rings is 1. The van der Waals surface area contributed by atoms with E-state index in [-0.39, 0.29) is 5.54 Å². The van der Waals surface area contributed by atoms with E-state index in [4.69, 9.17) is 15.7 Å². The molecule has 6 rings (SSSR count). The first-order valence-electron chi connectivity index (χ1n) is 11.1. The van der Waals surface area contributed by atoms with Gasteiger partial charge >= 0.3 is 0 Å². The summed E-state index contributed by atoms with van der Waals surface area (Å²) in [6, 6.07) is 29.2. The van der Waals surface area contributed by atoms with Crippen molar-refractivity contribution in [3.8, 4) is 33.6 Å². The Kier molecular flexibility index (Phi) is 4.40. The lowest BCUT2D eigenvalue weighted by Crippen LogP contribution is -2.43. The van der Waals surface area contributed by atoms with Gasteiger partial charge in [0.2, 0.25) is 5.78 Å². The van der Waals surface area contributed by atoms with Gasteiger partial charge in [0.1, 0.15) is 0 Å². The van der Waals surface area contributed by atoms with Crippen LogP contribution in [0.25, 0.3) is 39.4 Å². The lowest BCUT2D eigenvalue weighted by molar-refractivity contribution is 0.253. The molecule has 1 saturated carbocycles. The van der Waals surface area contributed by atoms with Gasteiger partial charge in [-0.1, -0.05) is 84.9 Å². The highest BCUT2D eigenvalue weighted by Gasteiger charge is 2.34. The summed E-state index contributed by atoms with van der Waals surface area (Å²) in [4.78, 5) is 9.83. The summed E-state index contributed by atoms with van der Waals surface area (Å²) in [7, 11) is 0. The fraction of sp³-hybridized carbons (Fsp3) is 0.143. The molecule has 1 aliphatic carbocycles. The highest BCUT2D eigenvalue weighted by Crippen LogP contribution is 2.40. The number of rotatable bonds is 4. The molecule has 0 atom stereocenters. The van der Waals surface area contributed by atoms with Gasteiger partial charge < -0.3 is 5.73 Å². The van der Waals surface area contributed by atoms with Gasteiger partial charge in [0.15, 0.2) is 0 Å². The molecule has 0 saturated heterocycles. The Balaban J connectivity index is 1.50. The van der Waals surface area contributed by atoms with E-state index >= 15 is 0 Å². The summed E-state index contributed by atoms with van der Waals surface area (Å²) in [5.41, 5.74) is 13.8. The minimum Gasteiger partial charge on any atom is -0.321 e. The Labute approximate surface area is 187 Å². The molecule has 0 bridgehead atoms. The van der Waals surface area contributed by atoms with Crippen LogP contribution >= 0.6 is 0 Å². The SMILES string of the molecule is NC1(c2ccc(-c3nc4nc(-c5ccccc5)cn4cc3-c3ccccc3)cc2)CCC1. The molecule has 0 unspecified atom stereocenters. The van der Waals surface area contributed by atoms with E-state index in [0.717, 1.165) is 46.5 Å². The van der Waals surface area contributed by atoms with Crippen LogP contribution in [0.3, 0.4) is 0 Å². The molecule has 0 aliphatic heterocycles. The molecule has 4 nitrogen and oxygen atoms in total. The van der Waals surface area contributed by atoms with Crippen molar-refractivity contribution in [3.63, 3.8) is 0 Å². The lowest BCUT2D eigenvalue weighted by atomic mass is 9.72. The monoisotopic (exact) mass is 416 g/mol. The van der Waals surface area contributed by atoms with Gasteiger partial charge in [0, 0.05) is 34.6 Å². The number of hydrogen-bond donors (Lipinski definition) is 1. The molecule has 2 heterocycles. The summed E-state index contributed by atoms with van der Waals surface area (Å²) in [5, 5.41) is 0. The third-order valence-corrected chi connectivity index (χ3v) is 6.58. The maximum atomic E-state index is 6.54. The summed E-state index contributed by atoms with van der Waals surface area (Å²) >= 11 is 0. The molecule has 1 fully saturated rings.